The van der Waals surface area contributed by atoms with Gasteiger partial charge in [0, 0.05) is 13.2 Å². The molecule has 0 aromatic rings. The van der Waals surface area contributed by atoms with Gasteiger partial charge in [0.25, 0.3) is 5.79 Å². The lowest BCUT2D eigenvalue weighted by molar-refractivity contribution is -0.187. The number of methoxy groups -OCH3 is 2. The molecular formula is C13H16O5. The van der Waals surface area contributed by atoms with Crippen LogP contribution in [0.4, 0.5) is 0 Å². The summed E-state index contributed by atoms with van der Waals surface area (Å²) in [5.74, 6) is -2.48. The van der Waals surface area contributed by atoms with Crippen LogP contribution in [0.3, 0.4) is 0 Å². The monoisotopic (exact) mass is 252 g/mol. The Hall–Kier alpha value is -1.72. The Bertz CT molecular complexity index is 419. The van der Waals surface area contributed by atoms with Crippen LogP contribution in [0.15, 0.2) is 36.0 Å². The third kappa shape index (κ3) is 2.94. The molecule has 0 aromatic heterocycles. The van der Waals surface area contributed by atoms with Crippen LogP contribution in [-0.2, 0) is 23.8 Å². The molecular weight excluding hydrogens is 236 g/mol. The number of rotatable bonds is 5. The lowest BCUT2D eigenvalue weighted by Crippen LogP contribution is -2.42. The Kier molecular flexibility index (Phi) is 5.00. The molecule has 98 valence electrons. The van der Waals surface area contributed by atoms with Gasteiger partial charge in [-0.1, -0.05) is 12.2 Å². The zero-order valence-electron chi connectivity index (χ0n) is 10.6. The van der Waals surface area contributed by atoms with Crippen molar-refractivity contribution in [2.24, 2.45) is 0 Å². The highest BCUT2D eigenvalue weighted by atomic mass is 16.7. The van der Waals surface area contributed by atoms with Gasteiger partial charge in [-0.05, 0) is 19.1 Å². The SMILES string of the molecule is C/C=C/COC1(OC)C=CC(C(=O)OC)=CC1=O. The molecule has 0 aromatic carbocycles. The van der Waals surface area contributed by atoms with Crippen molar-refractivity contribution in [3.63, 3.8) is 0 Å². The first-order valence-corrected chi connectivity index (χ1v) is 5.43. The van der Waals surface area contributed by atoms with Crippen molar-refractivity contribution in [1.29, 1.82) is 0 Å². The van der Waals surface area contributed by atoms with Crippen molar-refractivity contribution < 1.29 is 23.8 Å². The van der Waals surface area contributed by atoms with Crippen LogP contribution in [0.25, 0.3) is 0 Å². The molecule has 5 heteroatoms. The van der Waals surface area contributed by atoms with Gasteiger partial charge in [-0.2, -0.15) is 0 Å². The van der Waals surface area contributed by atoms with E-state index in [4.69, 9.17) is 9.47 Å². The molecule has 1 atom stereocenters. The van der Waals surface area contributed by atoms with Crippen molar-refractivity contribution in [3.05, 3.63) is 36.0 Å². The van der Waals surface area contributed by atoms with Crippen molar-refractivity contribution in [3.8, 4) is 0 Å². The number of ketones is 1. The largest absolute Gasteiger partial charge is 0.465 e. The maximum atomic E-state index is 12.0. The van der Waals surface area contributed by atoms with E-state index in [0.29, 0.717) is 0 Å². The average Bonchev–Trinajstić information content (AvgIpc) is 2.40. The zero-order chi connectivity index (χ0) is 13.6. The van der Waals surface area contributed by atoms with Crippen LogP contribution < -0.4 is 0 Å². The van der Waals surface area contributed by atoms with Gasteiger partial charge < -0.3 is 14.2 Å². The molecule has 0 heterocycles. The fraction of sp³-hybridized carbons (Fsp3) is 0.385. The van der Waals surface area contributed by atoms with Crippen LogP contribution in [0, 0.1) is 0 Å². The van der Waals surface area contributed by atoms with Crippen LogP contribution in [-0.4, -0.2) is 38.4 Å². The van der Waals surface area contributed by atoms with Crippen molar-refractivity contribution >= 4 is 11.8 Å². The molecule has 0 saturated heterocycles. The van der Waals surface area contributed by atoms with E-state index in [1.54, 1.807) is 12.2 Å². The normalized spacial score (nSPS) is 23.3. The molecule has 18 heavy (non-hydrogen) atoms. The number of carbonyl (C=O) groups excluding carboxylic acids is 2. The average molecular weight is 252 g/mol. The third-order valence-corrected chi connectivity index (χ3v) is 2.47. The maximum absolute atomic E-state index is 12.0. The van der Waals surface area contributed by atoms with Gasteiger partial charge in [0.2, 0.25) is 5.78 Å². The first-order chi connectivity index (χ1) is 8.59. The van der Waals surface area contributed by atoms with Gasteiger partial charge in [-0.3, -0.25) is 4.79 Å². The fourth-order valence-electron chi connectivity index (χ4n) is 1.43. The second kappa shape index (κ2) is 6.28. The summed E-state index contributed by atoms with van der Waals surface area (Å²) >= 11 is 0. The van der Waals surface area contributed by atoms with Gasteiger partial charge >= 0.3 is 5.97 Å². The number of esters is 1. The smallest absolute Gasteiger partial charge is 0.337 e. The molecule has 0 fully saturated rings. The van der Waals surface area contributed by atoms with Gasteiger partial charge in [-0.25, -0.2) is 4.79 Å². The Balaban J connectivity index is 2.87. The van der Waals surface area contributed by atoms with Gasteiger partial charge in [0.05, 0.1) is 19.3 Å². The molecule has 1 aliphatic carbocycles. The minimum Gasteiger partial charge on any atom is -0.465 e. The summed E-state index contributed by atoms with van der Waals surface area (Å²) in [6.07, 6.45) is 7.57. The van der Waals surface area contributed by atoms with Gasteiger partial charge in [-0.15, -0.1) is 0 Å². The molecule has 1 aliphatic rings. The van der Waals surface area contributed by atoms with E-state index in [2.05, 4.69) is 4.74 Å². The second-order valence-electron chi connectivity index (χ2n) is 3.54. The summed E-state index contributed by atoms with van der Waals surface area (Å²) in [5.41, 5.74) is 0.171. The summed E-state index contributed by atoms with van der Waals surface area (Å²) < 4.78 is 15.0. The topological polar surface area (TPSA) is 61.8 Å². The number of ether oxygens (including phenoxy) is 3. The second-order valence-corrected chi connectivity index (χ2v) is 3.54. The molecule has 0 aliphatic heterocycles. The predicted octanol–water partition coefficient (Wildman–Crippen LogP) is 1.16. The molecule has 1 unspecified atom stereocenters. The minimum atomic E-state index is -1.46. The lowest BCUT2D eigenvalue weighted by Gasteiger charge is -2.28. The van der Waals surface area contributed by atoms with Crippen molar-refractivity contribution in [2.75, 3.05) is 20.8 Å². The highest BCUT2D eigenvalue weighted by molar-refractivity contribution is 6.07. The predicted molar refractivity (Wildman–Crippen MR) is 64.8 cm³/mol. The number of hydrogen-bond donors (Lipinski definition) is 0. The minimum absolute atomic E-state index is 0.171. The molecule has 0 amide bonds. The molecule has 0 bridgehead atoms. The molecule has 0 radical (unpaired) electrons. The lowest BCUT2D eigenvalue weighted by atomic mass is 10.0. The van der Waals surface area contributed by atoms with Gasteiger partial charge in [0.15, 0.2) is 0 Å². The fourth-order valence-corrected chi connectivity index (χ4v) is 1.43. The number of hydrogen-bond acceptors (Lipinski definition) is 5. The summed E-state index contributed by atoms with van der Waals surface area (Å²) in [5, 5.41) is 0. The Morgan fingerprint density at radius 1 is 1.44 bits per heavy atom. The molecule has 0 spiro atoms. The van der Waals surface area contributed by atoms with Crippen molar-refractivity contribution in [1.82, 2.24) is 0 Å². The van der Waals surface area contributed by atoms with E-state index in [1.165, 1.54) is 26.4 Å². The summed E-state index contributed by atoms with van der Waals surface area (Å²) in [6.45, 7) is 2.08. The zero-order valence-corrected chi connectivity index (χ0v) is 10.6. The summed E-state index contributed by atoms with van der Waals surface area (Å²) in [4.78, 5) is 23.2. The van der Waals surface area contributed by atoms with Crippen LogP contribution in [0.1, 0.15) is 6.92 Å². The highest BCUT2D eigenvalue weighted by Crippen LogP contribution is 2.23. The van der Waals surface area contributed by atoms with Crippen LogP contribution in [0.2, 0.25) is 0 Å². The Labute approximate surface area is 106 Å². The quantitative estimate of drug-likeness (QED) is 0.417. The summed E-state index contributed by atoms with van der Waals surface area (Å²) in [7, 11) is 2.62. The van der Waals surface area contributed by atoms with E-state index >= 15 is 0 Å². The molecule has 0 N–H and O–H groups in total. The number of carbonyl (C=O) groups is 2. The first kappa shape index (κ1) is 14.3. The van der Waals surface area contributed by atoms with Gasteiger partial charge in [0.1, 0.15) is 0 Å². The number of allylic oxidation sites excluding steroid dienone is 1. The first-order valence-electron chi connectivity index (χ1n) is 5.43. The molecule has 0 saturated carbocycles. The third-order valence-electron chi connectivity index (χ3n) is 2.47. The highest BCUT2D eigenvalue weighted by Gasteiger charge is 2.38. The van der Waals surface area contributed by atoms with Crippen molar-refractivity contribution in [2.45, 2.75) is 12.7 Å². The van der Waals surface area contributed by atoms with Crippen LogP contribution in [0.5, 0.6) is 0 Å². The van der Waals surface area contributed by atoms with E-state index < -0.39 is 17.5 Å². The van der Waals surface area contributed by atoms with E-state index in [1.807, 2.05) is 6.92 Å². The molecule has 5 nitrogen and oxygen atoms in total. The Morgan fingerprint density at radius 2 is 2.17 bits per heavy atom. The molecule has 1 rings (SSSR count). The van der Waals surface area contributed by atoms with E-state index in [-0.39, 0.29) is 12.2 Å². The summed E-state index contributed by atoms with van der Waals surface area (Å²) in [6, 6.07) is 0. The Morgan fingerprint density at radius 3 is 2.67 bits per heavy atom. The van der Waals surface area contributed by atoms with E-state index in [0.717, 1.165) is 6.08 Å². The van der Waals surface area contributed by atoms with Crippen LogP contribution >= 0.6 is 0 Å². The standard InChI is InChI=1S/C13H16O5/c1-4-5-8-18-13(17-3)7-6-10(9-11(13)14)12(15)16-2/h4-7,9H,8H2,1-3H3/b5-4+. The van der Waals surface area contributed by atoms with E-state index in [9.17, 15) is 9.59 Å². The maximum Gasteiger partial charge on any atom is 0.337 e.